The van der Waals surface area contributed by atoms with E-state index in [-0.39, 0.29) is 18.6 Å². The Kier molecular flexibility index (Phi) is 6.42. The van der Waals surface area contributed by atoms with Gasteiger partial charge in [0, 0.05) is 45.0 Å². The maximum Gasteiger partial charge on any atom is 0.272 e. The van der Waals surface area contributed by atoms with Crippen molar-refractivity contribution in [1.82, 2.24) is 14.8 Å². The predicted octanol–water partition coefficient (Wildman–Crippen LogP) is 2.11. The Balaban J connectivity index is 1.69. The van der Waals surface area contributed by atoms with E-state index in [2.05, 4.69) is 22.0 Å². The molecule has 1 aromatic carbocycles. The van der Waals surface area contributed by atoms with Gasteiger partial charge in [0.25, 0.3) is 5.91 Å². The standard InChI is InChI=1S/C21H27N3O3/c1-16-13-17(6-7-20(16)27-2)14-23-10-11-24(15-18(23)8-12-25)21(26)19-5-3-4-9-22-19/h3-7,9,13,18,25H,8,10-12,14-15H2,1-2H3. The SMILES string of the molecule is COc1ccc(CN2CCN(C(=O)c3ccccn3)CC2CCO)cc1C. The van der Waals surface area contributed by atoms with Crippen LogP contribution in [0.2, 0.25) is 0 Å². The van der Waals surface area contributed by atoms with Gasteiger partial charge in [0.2, 0.25) is 0 Å². The van der Waals surface area contributed by atoms with E-state index in [1.165, 1.54) is 5.56 Å². The molecule has 1 atom stereocenters. The monoisotopic (exact) mass is 369 g/mol. The van der Waals surface area contributed by atoms with Gasteiger partial charge in [-0.05, 0) is 42.7 Å². The number of aromatic nitrogens is 1. The van der Waals surface area contributed by atoms with Crippen LogP contribution in [0.4, 0.5) is 0 Å². The second kappa shape index (κ2) is 8.97. The number of aryl methyl sites for hydroxylation is 1. The second-order valence-corrected chi connectivity index (χ2v) is 6.91. The summed E-state index contributed by atoms with van der Waals surface area (Å²) in [5.41, 5.74) is 2.79. The molecular formula is C21H27N3O3. The molecule has 0 saturated carbocycles. The third-order valence-electron chi connectivity index (χ3n) is 5.08. The summed E-state index contributed by atoms with van der Waals surface area (Å²) in [6, 6.07) is 11.7. The maximum absolute atomic E-state index is 12.7. The Hall–Kier alpha value is -2.44. The Morgan fingerprint density at radius 1 is 1.30 bits per heavy atom. The topological polar surface area (TPSA) is 65.9 Å². The van der Waals surface area contributed by atoms with Crippen LogP contribution in [-0.2, 0) is 6.54 Å². The van der Waals surface area contributed by atoms with Gasteiger partial charge in [0.15, 0.2) is 0 Å². The molecule has 27 heavy (non-hydrogen) atoms. The quantitative estimate of drug-likeness (QED) is 0.845. The smallest absolute Gasteiger partial charge is 0.272 e. The molecule has 2 aromatic rings. The molecular weight excluding hydrogens is 342 g/mol. The van der Waals surface area contributed by atoms with E-state index in [0.717, 1.165) is 24.4 Å². The minimum atomic E-state index is -0.0431. The van der Waals surface area contributed by atoms with Gasteiger partial charge in [0.05, 0.1) is 7.11 Å². The van der Waals surface area contributed by atoms with Gasteiger partial charge in [-0.2, -0.15) is 0 Å². The van der Waals surface area contributed by atoms with E-state index in [1.54, 1.807) is 25.4 Å². The number of benzene rings is 1. The van der Waals surface area contributed by atoms with Gasteiger partial charge in [-0.1, -0.05) is 18.2 Å². The molecule has 1 N–H and O–H groups in total. The Bertz CT molecular complexity index is 767. The van der Waals surface area contributed by atoms with Crippen LogP contribution in [0.3, 0.4) is 0 Å². The minimum Gasteiger partial charge on any atom is -0.496 e. The van der Waals surface area contributed by atoms with Crippen molar-refractivity contribution < 1.29 is 14.6 Å². The normalized spacial score (nSPS) is 17.7. The zero-order valence-electron chi connectivity index (χ0n) is 16.0. The van der Waals surface area contributed by atoms with Crippen molar-refractivity contribution in [2.75, 3.05) is 33.4 Å². The van der Waals surface area contributed by atoms with E-state index >= 15 is 0 Å². The van der Waals surface area contributed by atoms with Crippen molar-refractivity contribution in [3.8, 4) is 5.75 Å². The summed E-state index contributed by atoms with van der Waals surface area (Å²) < 4.78 is 5.34. The Morgan fingerprint density at radius 3 is 2.81 bits per heavy atom. The van der Waals surface area contributed by atoms with Crippen LogP contribution in [0.25, 0.3) is 0 Å². The lowest BCUT2D eigenvalue weighted by Crippen LogP contribution is -2.54. The highest BCUT2D eigenvalue weighted by molar-refractivity contribution is 5.92. The van der Waals surface area contributed by atoms with E-state index in [0.29, 0.717) is 25.2 Å². The number of rotatable bonds is 6. The number of piperazine rings is 1. The molecule has 1 aliphatic heterocycles. The molecule has 6 nitrogen and oxygen atoms in total. The number of nitrogens with zero attached hydrogens (tertiary/aromatic N) is 3. The van der Waals surface area contributed by atoms with Crippen LogP contribution < -0.4 is 4.74 Å². The van der Waals surface area contributed by atoms with Crippen molar-refractivity contribution in [2.24, 2.45) is 0 Å². The number of hydrogen-bond acceptors (Lipinski definition) is 5. The van der Waals surface area contributed by atoms with Gasteiger partial charge in [-0.3, -0.25) is 14.7 Å². The highest BCUT2D eigenvalue weighted by Gasteiger charge is 2.30. The number of hydrogen-bond donors (Lipinski definition) is 1. The number of aliphatic hydroxyl groups is 1. The molecule has 2 heterocycles. The molecule has 1 fully saturated rings. The second-order valence-electron chi connectivity index (χ2n) is 6.91. The predicted molar refractivity (Wildman–Crippen MR) is 104 cm³/mol. The first-order chi connectivity index (χ1) is 13.1. The van der Waals surface area contributed by atoms with Crippen LogP contribution in [0.15, 0.2) is 42.6 Å². The Labute approximate surface area is 160 Å². The number of carbonyl (C=O) groups excluding carboxylic acids is 1. The number of methoxy groups -OCH3 is 1. The summed E-state index contributed by atoms with van der Waals surface area (Å²) >= 11 is 0. The fourth-order valence-electron chi connectivity index (χ4n) is 3.63. The fourth-order valence-corrected chi connectivity index (χ4v) is 3.63. The largest absolute Gasteiger partial charge is 0.496 e. The summed E-state index contributed by atoms with van der Waals surface area (Å²) in [5, 5.41) is 9.50. The zero-order chi connectivity index (χ0) is 19.2. The lowest BCUT2D eigenvalue weighted by Gasteiger charge is -2.41. The fraction of sp³-hybridized carbons (Fsp3) is 0.429. The number of aliphatic hydroxyl groups excluding tert-OH is 1. The summed E-state index contributed by atoms with van der Waals surface area (Å²) in [6.45, 7) is 4.97. The van der Waals surface area contributed by atoms with E-state index < -0.39 is 0 Å². The third kappa shape index (κ3) is 4.64. The Morgan fingerprint density at radius 2 is 2.15 bits per heavy atom. The van der Waals surface area contributed by atoms with Crippen LogP contribution >= 0.6 is 0 Å². The van der Waals surface area contributed by atoms with Crippen LogP contribution in [0.1, 0.15) is 28.0 Å². The highest BCUT2D eigenvalue weighted by Crippen LogP contribution is 2.22. The molecule has 1 aromatic heterocycles. The average Bonchev–Trinajstić information content (AvgIpc) is 2.70. The number of carbonyl (C=O) groups is 1. The molecule has 1 amide bonds. The van der Waals surface area contributed by atoms with Crippen LogP contribution in [0.5, 0.6) is 5.75 Å². The van der Waals surface area contributed by atoms with Gasteiger partial charge >= 0.3 is 0 Å². The summed E-state index contributed by atoms with van der Waals surface area (Å²) in [6.07, 6.45) is 2.28. The third-order valence-corrected chi connectivity index (χ3v) is 5.08. The lowest BCUT2D eigenvalue weighted by atomic mass is 10.0. The molecule has 1 unspecified atom stereocenters. The molecule has 1 saturated heterocycles. The van der Waals surface area contributed by atoms with Gasteiger partial charge < -0.3 is 14.7 Å². The molecule has 0 spiro atoms. The molecule has 3 rings (SSSR count). The first kappa shape index (κ1) is 19.3. The summed E-state index contributed by atoms with van der Waals surface area (Å²) in [4.78, 5) is 21.1. The summed E-state index contributed by atoms with van der Waals surface area (Å²) in [5.74, 6) is 0.843. The molecule has 0 radical (unpaired) electrons. The molecule has 0 bridgehead atoms. The highest BCUT2D eigenvalue weighted by atomic mass is 16.5. The van der Waals surface area contributed by atoms with E-state index in [9.17, 15) is 9.90 Å². The zero-order valence-corrected chi connectivity index (χ0v) is 16.0. The molecule has 144 valence electrons. The van der Waals surface area contributed by atoms with Crippen molar-refractivity contribution >= 4 is 5.91 Å². The van der Waals surface area contributed by atoms with E-state index in [4.69, 9.17) is 4.74 Å². The van der Waals surface area contributed by atoms with Gasteiger partial charge in [-0.15, -0.1) is 0 Å². The molecule has 1 aliphatic rings. The number of ether oxygens (including phenoxy) is 1. The summed E-state index contributed by atoms with van der Waals surface area (Å²) in [7, 11) is 1.68. The lowest BCUT2D eigenvalue weighted by molar-refractivity contribution is 0.0391. The van der Waals surface area contributed by atoms with Crippen LogP contribution in [0, 0.1) is 6.92 Å². The first-order valence-electron chi connectivity index (χ1n) is 9.31. The molecule has 0 aliphatic carbocycles. The van der Waals surface area contributed by atoms with Gasteiger partial charge in [-0.25, -0.2) is 0 Å². The number of pyridine rings is 1. The van der Waals surface area contributed by atoms with Crippen molar-refractivity contribution in [3.63, 3.8) is 0 Å². The minimum absolute atomic E-state index is 0.0431. The van der Waals surface area contributed by atoms with E-state index in [1.807, 2.05) is 24.0 Å². The van der Waals surface area contributed by atoms with Crippen molar-refractivity contribution in [1.29, 1.82) is 0 Å². The van der Waals surface area contributed by atoms with Crippen molar-refractivity contribution in [3.05, 3.63) is 59.4 Å². The van der Waals surface area contributed by atoms with Crippen LogP contribution in [-0.4, -0.2) is 65.2 Å². The number of amides is 1. The van der Waals surface area contributed by atoms with Gasteiger partial charge in [0.1, 0.15) is 11.4 Å². The van der Waals surface area contributed by atoms with Crippen molar-refractivity contribution in [2.45, 2.75) is 25.9 Å². The maximum atomic E-state index is 12.7. The molecule has 6 heteroatoms. The first-order valence-corrected chi connectivity index (χ1v) is 9.31. The average molecular weight is 369 g/mol.